The SMILES string of the molecule is CCOc1cccc(CCOc2ccc(C(=O)n3c(C)cc4c(CC(=O)O)cccc43)cc2)c1. The Bertz CT molecular complexity index is 1320. The van der Waals surface area contributed by atoms with Crippen molar-refractivity contribution in [3.05, 3.63) is 95.2 Å². The zero-order chi connectivity index (χ0) is 24.1. The van der Waals surface area contributed by atoms with E-state index in [-0.39, 0.29) is 12.3 Å². The number of carboxylic acids is 1. The van der Waals surface area contributed by atoms with Crippen molar-refractivity contribution in [1.82, 2.24) is 4.57 Å². The van der Waals surface area contributed by atoms with E-state index in [1.54, 1.807) is 41.0 Å². The largest absolute Gasteiger partial charge is 0.494 e. The molecule has 4 rings (SSSR count). The number of fused-ring (bicyclic) bond motifs is 1. The van der Waals surface area contributed by atoms with Crippen molar-refractivity contribution in [2.75, 3.05) is 13.2 Å². The minimum atomic E-state index is -0.901. The highest BCUT2D eigenvalue weighted by Gasteiger charge is 2.17. The van der Waals surface area contributed by atoms with E-state index in [0.717, 1.165) is 28.8 Å². The van der Waals surface area contributed by atoms with Crippen molar-refractivity contribution in [1.29, 1.82) is 0 Å². The summed E-state index contributed by atoms with van der Waals surface area (Å²) in [6.07, 6.45) is 0.658. The molecule has 3 aromatic carbocycles. The summed E-state index contributed by atoms with van der Waals surface area (Å²) in [5.74, 6) is 0.474. The maximum atomic E-state index is 13.3. The van der Waals surface area contributed by atoms with Gasteiger partial charge < -0.3 is 14.6 Å². The summed E-state index contributed by atoms with van der Waals surface area (Å²) in [4.78, 5) is 24.5. The van der Waals surface area contributed by atoms with Gasteiger partial charge in [0.2, 0.25) is 0 Å². The van der Waals surface area contributed by atoms with Crippen LogP contribution < -0.4 is 9.47 Å². The standard InChI is InChI=1S/C28H27NO5/c1-3-33-24-8-4-6-20(17-24)14-15-34-23-12-10-21(11-13-23)28(32)29-19(2)16-25-22(18-27(30)31)7-5-9-26(25)29/h4-13,16-17H,3,14-15,18H2,1-2H3,(H,30,31). The van der Waals surface area contributed by atoms with E-state index < -0.39 is 5.97 Å². The number of carboxylic acid groups (broad SMARTS) is 1. The van der Waals surface area contributed by atoms with Gasteiger partial charge in [0, 0.05) is 23.1 Å². The summed E-state index contributed by atoms with van der Waals surface area (Å²) >= 11 is 0. The van der Waals surface area contributed by atoms with E-state index in [4.69, 9.17) is 9.47 Å². The van der Waals surface area contributed by atoms with Crippen molar-refractivity contribution in [2.45, 2.75) is 26.7 Å². The second-order valence-corrected chi connectivity index (χ2v) is 8.05. The number of ether oxygens (including phenoxy) is 2. The topological polar surface area (TPSA) is 77.8 Å². The molecule has 1 heterocycles. The first-order valence-corrected chi connectivity index (χ1v) is 11.3. The van der Waals surface area contributed by atoms with Crippen LogP contribution in [0.15, 0.2) is 72.8 Å². The molecule has 0 bridgehead atoms. The summed E-state index contributed by atoms with van der Waals surface area (Å²) in [5, 5.41) is 9.97. The second-order valence-electron chi connectivity index (χ2n) is 8.05. The molecule has 0 atom stereocenters. The number of nitrogens with zero attached hydrogens (tertiary/aromatic N) is 1. The number of aryl methyl sites for hydroxylation is 1. The summed E-state index contributed by atoms with van der Waals surface area (Å²) in [7, 11) is 0. The average molecular weight is 458 g/mol. The van der Waals surface area contributed by atoms with Crippen molar-refractivity contribution >= 4 is 22.8 Å². The van der Waals surface area contributed by atoms with Crippen LogP contribution in [0.2, 0.25) is 0 Å². The van der Waals surface area contributed by atoms with Crippen LogP contribution in [-0.2, 0) is 17.6 Å². The van der Waals surface area contributed by atoms with Crippen molar-refractivity contribution in [3.63, 3.8) is 0 Å². The van der Waals surface area contributed by atoms with Gasteiger partial charge in [0.05, 0.1) is 25.2 Å². The highest BCUT2D eigenvalue weighted by Crippen LogP contribution is 2.25. The van der Waals surface area contributed by atoms with E-state index in [0.29, 0.717) is 35.6 Å². The maximum Gasteiger partial charge on any atom is 0.307 e. The molecular formula is C28H27NO5. The Morgan fingerprint density at radius 1 is 0.912 bits per heavy atom. The number of hydrogen-bond acceptors (Lipinski definition) is 4. The highest BCUT2D eigenvalue weighted by atomic mass is 16.5. The molecule has 4 aromatic rings. The monoisotopic (exact) mass is 457 g/mol. The van der Waals surface area contributed by atoms with E-state index >= 15 is 0 Å². The van der Waals surface area contributed by atoms with E-state index in [1.807, 2.05) is 50.2 Å². The Balaban J connectivity index is 1.45. The maximum absolute atomic E-state index is 13.3. The minimum Gasteiger partial charge on any atom is -0.494 e. The van der Waals surface area contributed by atoms with Crippen LogP contribution in [0.25, 0.3) is 10.9 Å². The van der Waals surface area contributed by atoms with E-state index in [1.165, 1.54) is 0 Å². The number of benzene rings is 3. The normalized spacial score (nSPS) is 10.9. The zero-order valence-corrected chi connectivity index (χ0v) is 19.3. The Morgan fingerprint density at radius 2 is 1.68 bits per heavy atom. The van der Waals surface area contributed by atoms with Crippen LogP contribution in [0, 0.1) is 6.92 Å². The minimum absolute atomic E-state index is 0.0864. The first kappa shape index (κ1) is 23.1. The molecule has 0 aliphatic carbocycles. The molecule has 0 aliphatic heterocycles. The quantitative estimate of drug-likeness (QED) is 0.370. The molecule has 34 heavy (non-hydrogen) atoms. The number of rotatable bonds is 9. The third-order valence-corrected chi connectivity index (χ3v) is 5.64. The van der Waals surface area contributed by atoms with Gasteiger partial charge in [-0.15, -0.1) is 0 Å². The number of carbonyl (C=O) groups is 2. The van der Waals surface area contributed by atoms with Gasteiger partial charge in [-0.3, -0.25) is 14.2 Å². The van der Waals surface area contributed by atoms with E-state index in [2.05, 4.69) is 0 Å². The number of aromatic nitrogens is 1. The molecule has 174 valence electrons. The number of hydrogen-bond donors (Lipinski definition) is 1. The van der Waals surface area contributed by atoms with E-state index in [9.17, 15) is 14.7 Å². The molecule has 0 aliphatic rings. The third-order valence-electron chi connectivity index (χ3n) is 5.64. The Kier molecular flexibility index (Phi) is 6.97. The van der Waals surface area contributed by atoms with Gasteiger partial charge >= 0.3 is 5.97 Å². The molecule has 0 saturated heterocycles. The Hall–Kier alpha value is -4.06. The van der Waals surface area contributed by atoms with Crippen molar-refractivity contribution < 1.29 is 24.2 Å². The Labute approximate surface area is 198 Å². The molecule has 1 aromatic heterocycles. The summed E-state index contributed by atoms with van der Waals surface area (Å²) < 4.78 is 13.0. The fraction of sp³-hybridized carbons (Fsp3) is 0.214. The molecular weight excluding hydrogens is 430 g/mol. The molecule has 0 spiro atoms. The summed E-state index contributed by atoms with van der Waals surface area (Å²) in [6.45, 7) is 4.95. The first-order chi connectivity index (χ1) is 16.5. The van der Waals surface area contributed by atoms with Crippen LogP contribution in [-0.4, -0.2) is 34.8 Å². The van der Waals surface area contributed by atoms with Gasteiger partial charge in [0.25, 0.3) is 5.91 Å². The molecule has 0 amide bonds. The van der Waals surface area contributed by atoms with Gasteiger partial charge in [-0.2, -0.15) is 0 Å². The first-order valence-electron chi connectivity index (χ1n) is 11.3. The van der Waals surface area contributed by atoms with Gasteiger partial charge in [0.1, 0.15) is 11.5 Å². The van der Waals surface area contributed by atoms with Crippen LogP contribution in [0.3, 0.4) is 0 Å². The van der Waals surface area contributed by atoms with Gasteiger partial charge in [-0.05, 0) is 73.5 Å². The number of aliphatic carboxylic acids is 1. The van der Waals surface area contributed by atoms with Crippen molar-refractivity contribution in [3.8, 4) is 11.5 Å². The van der Waals surface area contributed by atoms with Crippen LogP contribution in [0.1, 0.15) is 34.1 Å². The smallest absolute Gasteiger partial charge is 0.307 e. The lowest BCUT2D eigenvalue weighted by molar-refractivity contribution is -0.136. The van der Waals surface area contributed by atoms with Crippen molar-refractivity contribution in [2.24, 2.45) is 0 Å². The molecule has 0 radical (unpaired) electrons. The highest BCUT2D eigenvalue weighted by molar-refractivity contribution is 6.04. The third kappa shape index (κ3) is 5.12. The molecule has 0 fully saturated rings. The summed E-state index contributed by atoms with van der Waals surface area (Å²) in [5.41, 5.74) is 3.81. The molecule has 6 nitrogen and oxygen atoms in total. The lowest BCUT2D eigenvalue weighted by Crippen LogP contribution is -2.13. The predicted octanol–water partition coefficient (Wildman–Crippen LogP) is 5.29. The molecule has 0 saturated carbocycles. The van der Waals surface area contributed by atoms with Gasteiger partial charge in [-0.1, -0.05) is 24.3 Å². The Morgan fingerprint density at radius 3 is 2.41 bits per heavy atom. The summed E-state index contributed by atoms with van der Waals surface area (Å²) in [6, 6.07) is 22.3. The average Bonchev–Trinajstić information content (AvgIpc) is 3.16. The number of carbonyl (C=O) groups excluding carboxylic acids is 1. The van der Waals surface area contributed by atoms with Crippen LogP contribution >= 0.6 is 0 Å². The van der Waals surface area contributed by atoms with Gasteiger partial charge in [0.15, 0.2) is 0 Å². The second kappa shape index (κ2) is 10.3. The van der Waals surface area contributed by atoms with Gasteiger partial charge in [-0.25, -0.2) is 0 Å². The molecule has 6 heteroatoms. The molecule has 1 N–H and O–H groups in total. The lowest BCUT2D eigenvalue weighted by atomic mass is 10.1. The predicted molar refractivity (Wildman–Crippen MR) is 131 cm³/mol. The van der Waals surface area contributed by atoms with Crippen LogP contribution in [0.5, 0.6) is 11.5 Å². The van der Waals surface area contributed by atoms with Crippen LogP contribution in [0.4, 0.5) is 0 Å². The fourth-order valence-corrected chi connectivity index (χ4v) is 4.08. The fourth-order valence-electron chi connectivity index (χ4n) is 4.08. The zero-order valence-electron chi connectivity index (χ0n) is 19.3. The lowest BCUT2D eigenvalue weighted by Gasteiger charge is -2.10. The molecule has 0 unspecified atom stereocenters.